The third-order valence-corrected chi connectivity index (χ3v) is 5.27. The monoisotopic (exact) mass is 416 g/mol. The molecule has 1 aromatic carbocycles. The van der Waals surface area contributed by atoms with Gasteiger partial charge in [-0.1, -0.05) is 0 Å². The molecule has 1 aliphatic rings. The summed E-state index contributed by atoms with van der Waals surface area (Å²) >= 11 is 0. The molecule has 8 nitrogen and oxygen atoms in total. The number of nitrogens with zero attached hydrogens (tertiary/aromatic N) is 3. The third-order valence-electron chi connectivity index (χ3n) is 5.27. The van der Waals surface area contributed by atoms with E-state index in [2.05, 4.69) is 15.2 Å². The number of hydrogen-bond acceptors (Lipinski definition) is 6. The van der Waals surface area contributed by atoms with Gasteiger partial charge in [-0.05, 0) is 52.7 Å². The quantitative estimate of drug-likeness (QED) is 0.807. The number of alkyl carbamates (subject to hydrolysis) is 1. The standard InChI is InChI=1S/C22H32N4O4/c1-15(26-19-12-17(29-5)6-7-18(19)23-13-20(26)27)14-25-10-8-16(9-11-25)24-21(28)30-22(2,3)4/h6-7,12-13,15-16H,8-11,14H2,1-5H3,(H,24,28). The van der Waals surface area contributed by atoms with Crippen molar-refractivity contribution in [2.75, 3.05) is 26.7 Å². The minimum Gasteiger partial charge on any atom is -0.497 e. The normalized spacial score (nSPS) is 17.0. The Morgan fingerprint density at radius 1 is 1.30 bits per heavy atom. The van der Waals surface area contributed by atoms with E-state index in [4.69, 9.17) is 9.47 Å². The molecular weight excluding hydrogens is 384 g/mol. The molecule has 0 aliphatic carbocycles. The number of benzene rings is 1. The molecule has 1 aromatic heterocycles. The Kier molecular flexibility index (Phi) is 6.65. The van der Waals surface area contributed by atoms with Gasteiger partial charge in [-0.3, -0.25) is 4.79 Å². The first-order valence-corrected chi connectivity index (χ1v) is 10.4. The van der Waals surface area contributed by atoms with Gasteiger partial charge in [-0.25, -0.2) is 9.78 Å². The molecule has 0 bridgehead atoms. The lowest BCUT2D eigenvalue weighted by Gasteiger charge is -2.34. The number of nitrogens with one attached hydrogen (secondary N) is 1. The van der Waals surface area contributed by atoms with E-state index in [-0.39, 0.29) is 23.7 Å². The van der Waals surface area contributed by atoms with Crippen molar-refractivity contribution in [1.29, 1.82) is 0 Å². The molecule has 30 heavy (non-hydrogen) atoms. The van der Waals surface area contributed by atoms with Crippen LogP contribution >= 0.6 is 0 Å². The summed E-state index contributed by atoms with van der Waals surface area (Å²) in [5.74, 6) is 0.699. The number of aromatic nitrogens is 2. The maximum Gasteiger partial charge on any atom is 0.407 e. The molecule has 1 N–H and O–H groups in total. The fourth-order valence-corrected chi connectivity index (χ4v) is 3.88. The highest BCUT2D eigenvalue weighted by atomic mass is 16.6. The second-order valence-electron chi connectivity index (χ2n) is 8.89. The molecule has 1 unspecified atom stereocenters. The molecule has 0 radical (unpaired) electrons. The highest BCUT2D eigenvalue weighted by Crippen LogP contribution is 2.22. The minimum atomic E-state index is -0.497. The van der Waals surface area contributed by atoms with E-state index >= 15 is 0 Å². The van der Waals surface area contributed by atoms with Crippen LogP contribution in [-0.4, -0.2) is 58.9 Å². The van der Waals surface area contributed by atoms with E-state index in [9.17, 15) is 9.59 Å². The van der Waals surface area contributed by atoms with Crippen molar-refractivity contribution >= 4 is 17.1 Å². The molecule has 1 amide bonds. The minimum absolute atomic E-state index is 0.0227. The van der Waals surface area contributed by atoms with E-state index in [0.717, 1.165) is 43.5 Å². The molecule has 8 heteroatoms. The number of rotatable bonds is 5. The molecule has 1 saturated heterocycles. The number of fused-ring (bicyclic) bond motifs is 1. The van der Waals surface area contributed by atoms with E-state index in [0.29, 0.717) is 5.75 Å². The second-order valence-corrected chi connectivity index (χ2v) is 8.89. The van der Waals surface area contributed by atoms with Gasteiger partial charge in [-0.2, -0.15) is 0 Å². The van der Waals surface area contributed by atoms with E-state index in [1.54, 1.807) is 11.7 Å². The predicted molar refractivity (Wildman–Crippen MR) is 116 cm³/mol. The molecule has 3 rings (SSSR count). The molecule has 2 aromatic rings. The number of carbonyl (C=O) groups is 1. The van der Waals surface area contributed by atoms with Crippen LogP contribution < -0.4 is 15.6 Å². The van der Waals surface area contributed by atoms with Crippen LogP contribution in [0.1, 0.15) is 46.6 Å². The largest absolute Gasteiger partial charge is 0.497 e. The van der Waals surface area contributed by atoms with Gasteiger partial charge < -0.3 is 24.3 Å². The number of piperidine rings is 1. The van der Waals surface area contributed by atoms with Gasteiger partial charge in [0.1, 0.15) is 11.4 Å². The number of carbonyl (C=O) groups excluding carboxylic acids is 1. The first kappa shape index (κ1) is 22.1. The Labute approximate surface area is 177 Å². The van der Waals surface area contributed by atoms with Crippen LogP contribution in [0.5, 0.6) is 5.75 Å². The average Bonchev–Trinajstić information content (AvgIpc) is 2.67. The fraction of sp³-hybridized carbons (Fsp3) is 0.591. The van der Waals surface area contributed by atoms with Crippen molar-refractivity contribution in [3.8, 4) is 5.75 Å². The molecule has 1 fully saturated rings. The van der Waals surface area contributed by atoms with Crippen LogP contribution in [0.15, 0.2) is 29.2 Å². The van der Waals surface area contributed by atoms with Gasteiger partial charge in [0.25, 0.3) is 5.56 Å². The summed E-state index contributed by atoms with van der Waals surface area (Å²) in [6.45, 7) is 10.1. The van der Waals surface area contributed by atoms with Crippen molar-refractivity contribution in [2.24, 2.45) is 0 Å². The van der Waals surface area contributed by atoms with Crippen molar-refractivity contribution in [1.82, 2.24) is 19.8 Å². The Balaban J connectivity index is 1.63. The number of hydrogen-bond donors (Lipinski definition) is 1. The van der Waals surface area contributed by atoms with Gasteiger partial charge in [0.05, 0.1) is 24.3 Å². The molecular formula is C22H32N4O4. The van der Waals surface area contributed by atoms with Crippen molar-refractivity contribution in [3.63, 3.8) is 0 Å². The maximum atomic E-state index is 12.6. The van der Waals surface area contributed by atoms with E-state index < -0.39 is 5.60 Å². The van der Waals surface area contributed by atoms with Crippen molar-refractivity contribution in [2.45, 2.75) is 58.2 Å². The van der Waals surface area contributed by atoms with Crippen molar-refractivity contribution < 1.29 is 14.3 Å². The Morgan fingerprint density at radius 3 is 2.63 bits per heavy atom. The van der Waals surface area contributed by atoms with Crippen LogP contribution in [0, 0.1) is 0 Å². The zero-order valence-corrected chi connectivity index (χ0v) is 18.5. The summed E-state index contributed by atoms with van der Waals surface area (Å²) in [5.41, 5.74) is 0.923. The van der Waals surface area contributed by atoms with Crippen LogP contribution in [0.25, 0.3) is 11.0 Å². The van der Waals surface area contributed by atoms with Gasteiger partial charge in [0.2, 0.25) is 0 Å². The van der Waals surface area contributed by atoms with Crippen LogP contribution in [0.4, 0.5) is 4.79 Å². The lowest BCUT2D eigenvalue weighted by atomic mass is 10.0. The van der Waals surface area contributed by atoms with Gasteiger partial charge >= 0.3 is 6.09 Å². The number of amides is 1. The zero-order chi connectivity index (χ0) is 21.9. The smallest absolute Gasteiger partial charge is 0.407 e. The maximum absolute atomic E-state index is 12.6. The Morgan fingerprint density at radius 2 is 2.00 bits per heavy atom. The lowest BCUT2D eigenvalue weighted by molar-refractivity contribution is 0.0476. The first-order chi connectivity index (χ1) is 14.2. The predicted octanol–water partition coefficient (Wildman–Crippen LogP) is 2.96. The summed E-state index contributed by atoms with van der Waals surface area (Å²) in [7, 11) is 1.61. The topological polar surface area (TPSA) is 85.7 Å². The lowest BCUT2D eigenvalue weighted by Crippen LogP contribution is -2.47. The summed E-state index contributed by atoms with van der Waals surface area (Å²) < 4.78 is 12.5. The number of ether oxygens (including phenoxy) is 2. The summed E-state index contributed by atoms with van der Waals surface area (Å²) in [6.07, 6.45) is 2.72. The van der Waals surface area contributed by atoms with Gasteiger partial charge in [0.15, 0.2) is 0 Å². The Bertz CT molecular complexity index is 942. The first-order valence-electron chi connectivity index (χ1n) is 10.4. The molecule has 2 heterocycles. The van der Waals surface area contributed by atoms with E-state index in [1.165, 1.54) is 6.20 Å². The van der Waals surface area contributed by atoms with Crippen LogP contribution in [0.2, 0.25) is 0 Å². The summed E-state index contributed by atoms with van der Waals surface area (Å²) in [6, 6.07) is 5.66. The molecule has 164 valence electrons. The van der Waals surface area contributed by atoms with Gasteiger partial charge in [0, 0.05) is 37.8 Å². The summed E-state index contributed by atoms with van der Waals surface area (Å²) in [4.78, 5) is 31.2. The van der Waals surface area contributed by atoms with Crippen molar-refractivity contribution in [3.05, 3.63) is 34.7 Å². The number of methoxy groups -OCH3 is 1. The van der Waals surface area contributed by atoms with Crippen LogP contribution in [0.3, 0.4) is 0 Å². The average molecular weight is 417 g/mol. The highest BCUT2D eigenvalue weighted by Gasteiger charge is 2.25. The zero-order valence-electron chi connectivity index (χ0n) is 18.5. The Hall–Kier alpha value is -2.61. The number of likely N-dealkylation sites (tertiary alicyclic amines) is 1. The van der Waals surface area contributed by atoms with Gasteiger partial charge in [-0.15, -0.1) is 0 Å². The summed E-state index contributed by atoms with van der Waals surface area (Å²) in [5, 5.41) is 2.96. The molecule has 0 saturated carbocycles. The fourth-order valence-electron chi connectivity index (χ4n) is 3.88. The second kappa shape index (κ2) is 9.04. The van der Waals surface area contributed by atoms with E-state index in [1.807, 2.05) is 45.9 Å². The van der Waals surface area contributed by atoms with Crippen LogP contribution in [-0.2, 0) is 4.74 Å². The SMILES string of the molecule is COc1ccc2ncc(=O)n(C(C)CN3CCC(NC(=O)OC(C)(C)C)CC3)c2c1. The third kappa shape index (κ3) is 5.50. The highest BCUT2D eigenvalue weighted by molar-refractivity contribution is 5.76. The molecule has 0 spiro atoms. The molecule has 1 aliphatic heterocycles. The molecule has 1 atom stereocenters.